The molecule has 0 aliphatic carbocycles. The first-order valence-electron chi connectivity index (χ1n) is 6.60. The largest absolute Gasteiger partial charge is 0.480 e. The lowest BCUT2D eigenvalue weighted by atomic mass is 10.2. The van der Waals surface area contributed by atoms with E-state index in [1.165, 1.54) is 19.3 Å². The van der Waals surface area contributed by atoms with Gasteiger partial charge in [0.2, 0.25) is 0 Å². The van der Waals surface area contributed by atoms with E-state index in [0.717, 1.165) is 13.0 Å². The lowest BCUT2D eigenvalue weighted by Crippen LogP contribution is -2.33. The number of hydrogen-bond acceptors (Lipinski definition) is 3. The van der Waals surface area contributed by atoms with Crippen LogP contribution in [0.3, 0.4) is 0 Å². The second kappa shape index (κ2) is 10.8. The van der Waals surface area contributed by atoms with Gasteiger partial charge in [0.15, 0.2) is 5.96 Å². The molecule has 18 heavy (non-hydrogen) atoms. The molecule has 0 saturated carbocycles. The molecule has 0 rings (SSSR count). The van der Waals surface area contributed by atoms with Gasteiger partial charge in [-0.05, 0) is 19.3 Å². The summed E-state index contributed by atoms with van der Waals surface area (Å²) in [4.78, 5) is 14.6. The molecule has 0 unspecified atom stereocenters. The number of nitrogens with zero attached hydrogens (tertiary/aromatic N) is 1. The number of nitrogens with one attached hydrogen (secondary N) is 1. The second-order valence-corrected chi connectivity index (χ2v) is 4.34. The Bertz CT molecular complexity index is 256. The fourth-order valence-corrected chi connectivity index (χ4v) is 1.46. The number of carboxylic acids is 1. The van der Waals surface area contributed by atoms with Crippen LogP contribution >= 0.6 is 0 Å². The van der Waals surface area contributed by atoms with E-state index in [-0.39, 0.29) is 0 Å². The van der Waals surface area contributed by atoms with Gasteiger partial charge in [-0.15, -0.1) is 0 Å². The first-order chi connectivity index (χ1) is 8.57. The van der Waals surface area contributed by atoms with Crippen LogP contribution in [0.5, 0.6) is 0 Å². The average molecular weight is 258 g/mol. The normalized spacial score (nSPS) is 13.3. The fraction of sp³-hybridized carbons (Fsp3) is 0.833. The Hall–Kier alpha value is -1.30. The molecule has 106 valence electrons. The highest BCUT2D eigenvalue weighted by Crippen LogP contribution is 1.97. The zero-order chi connectivity index (χ0) is 13.8. The van der Waals surface area contributed by atoms with Gasteiger partial charge in [0.25, 0.3) is 0 Å². The minimum Gasteiger partial charge on any atom is -0.480 e. The third-order valence-corrected chi connectivity index (χ3v) is 2.61. The van der Waals surface area contributed by atoms with Gasteiger partial charge in [0.1, 0.15) is 6.04 Å². The number of carbonyl (C=O) groups is 1. The number of rotatable bonds is 10. The van der Waals surface area contributed by atoms with Crippen molar-refractivity contribution in [2.45, 2.75) is 51.5 Å². The number of aliphatic imine (C=N–C) groups is 1. The highest BCUT2D eigenvalue weighted by molar-refractivity contribution is 5.77. The first kappa shape index (κ1) is 16.7. The highest BCUT2D eigenvalue weighted by Gasteiger charge is 2.09. The van der Waals surface area contributed by atoms with Crippen LogP contribution in [0.1, 0.15) is 45.4 Å². The highest BCUT2D eigenvalue weighted by atomic mass is 16.4. The van der Waals surface area contributed by atoms with E-state index in [9.17, 15) is 4.79 Å². The van der Waals surface area contributed by atoms with Gasteiger partial charge in [0, 0.05) is 13.1 Å². The Labute approximate surface area is 109 Å². The van der Waals surface area contributed by atoms with Crippen molar-refractivity contribution in [1.29, 1.82) is 0 Å². The molecule has 0 aliphatic heterocycles. The van der Waals surface area contributed by atoms with E-state index in [1.54, 1.807) is 0 Å². The van der Waals surface area contributed by atoms with Crippen molar-refractivity contribution in [3.63, 3.8) is 0 Å². The van der Waals surface area contributed by atoms with Crippen LogP contribution in [0, 0.1) is 0 Å². The molecule has 1 atom stereocenters. The van der Waals surface area contributed by atoms with Crippen LogP contribution in [-0.4, -0.2) is 36.2 Å². The Kier molecular flexibility index (Phi) is 10.0. The molecule has 0 aromatic carbocycles. The molecule has 0 radical (unpaired) electrons. The van der Waals surface area contributed by atoms with E-state index < -0.39 is 12.0 Å². The van der Waals surface area contributed by atoms with Crippen molar-refractivity contribution in [3.8, 4) is 0 Å². The van der Waals surface area contributed by atoms with Gasteiger partial charge in [-0.3, -0.25) is 9.79 Å². The summed E-state index contributed by atoms with van der Waals surface area (Å²) in [6.07, 6.45) is 5.80. The Morgan fingerprint density at radius 3 is 2.67 bits per heavy atom. The summed E-state index contributed by atoms with van der Waals surface area (Å²) in [7, 11) is 0. The van der Waals surface area contributed by atoms with E-state index in [2.05, 4.69) is 17.2 Å². The Morgan fingerprint density at radius 1 is 1.33 bits per heavy atom. The molecular weight excluding hydrogens is 232 g/mol. The zero-order valence-electron chi connectivity index (χ0n) is 11.2. The third-order valence-electron chi connectivity index (χ3n) is 2.61. The molecule has 6 heteroatoms. The quantitative estimate of drug-likeness (QED) is 0.261. The molecule has 0 bridgehead atoms. The van der Waals surface area contributed by atoms with Gasteiger partial charge in [0.05, 0.1) is 0 Å². The standard InChI is InChI=1S/C12H26N4O2/c1-2-3-4-5-8-15-12(14)16-9-6-7-10(13)11(17)18/h10H,2-9,13H2,1H3,(H,17,18)(H3,14,15,16)/t10-/m0/s1. The summed E-state index contributed by atoms with van der Waals surface area (Å²) in [6, 6.07) is -0.802. The maximum absolute atomic E-state index is 10.5. The Morgan fingerprint density at radius 2 is 2.06 bits per heavy atom. The van der Waals surface area contributed by atoms with E-state index in [0.29, 0.717) is 25.3 Å². The van der Waals surface area contributed by atoms with Crippen LogP contribution in [0.4, 0.5) is 0 Å². The minimum absolute atomic E-state index is 0.419. The molecule has 0 saturated heterocycles. The number of nitrogens with two attached hydrogens (primary N) is 2. The minimum atomic E-state index is -0.971. The van der Waals surface area contributed by atoms with Crippen LogP contribution in [0.25, 0.3) is 0 Å². The predicted octanol–water partition coefficient (Wildman–Crippen LogP) is 0.663. The van der Waals surface area contributed by atoms with Crippen molar-refractivity contribution in [2.24, 2.45) is 16.5 Å². The summed E-state index contributed by atoms with van der Waals surface area (Å²) >= 11 is 0. The van der Waals surface area contributed by atoms with E-state index in [1.807, 2.05) is 0 Å². The zero-order valence-corrected chi connectivity index (χ0v) is 11.2. The van der Waals surface area contributed by atoms with E-state index in [4.69, 9.17) is 16.6 Å². The number of aliphatic carboxylic acids is 1. The molecule has 0 aromatic heterocycles. The van der Waals surface area contributed by atoms with Crippen LogP contribution < -0.4 is 16.8 Å². The molecule has 6 nitrogen and oxygen atoms in total. The second-order valence-electron chi connectivity index (χ2n) is 4.34. The van der Waals surface area contributed by atoms with E-state index >= 15 is 0 Å². The van der Waals surface area contributed by atoms with Crippen LogP contribution in [-0.2, 0) is 4.79 Å². The number of hydrogen-bond donors (Lipinski definition) is 4. The van der Waals surface area contributed by atoms with Crippen LogP contribution in [0.2, 0.25) is 0 Å². The molecule has 0 spiro atoms. The molecule has 0 fully saturated rings. The smallest absolute Gasteiger partial charge is 0.320 e. The number of guanidine groups is 1. The summed E-state index contributed by atoms with van der Waals surface area (Å²) in [5.74, 6) is -0.545. The predicted molar refractivity (Wildman–Crippen MR) is 73.5 cm³/mol. The Balaban J connectivity index is 3.50. The first-order valence-corrected chi connectivity index (χ1v) is 6.60. The van der Waals surface area contributed by atoms with Crippen molar-refractivity contribution in [2.75, 3.05) is 13.1 Å². The van der Waals surface area contributed by atoms with Gasteiger partial charge in [-0.1, -0.05) is 26.2 Å². The van der Waals surface area contributed by atoms with Crippen LogP contribution in [0.15, 0.2) is 4.99 Å². The molecular formula is C12H26N4O2. The summed E-state index contributed by atoms with van der Waals surface area (Å²) in [5.41, 5.74) is 11.0. The lowest BCUT2D eigenvalue weighted by Gasteiger charge is -2.06. The lowest BCUT2D eigenvalue weighted by molar-refractivity contribution is -0.138. The van der Waals surface area contributed by atoms with Crippen molar-refractivity contribution >= 4 is 11.9 Å². The van der Waals surface area contributed by atoms with Crippen molar-refractivity contribution in [3.05, 3.63) is 0 Å². The van der Waals surface area contributed by atoms with Gasteiger partial charge in [-0.25, -0.2) is 0 Å². The molecule has 6 N–H and O–H groups in total. The topological polar surface area (TPSA) is 114 Å². The maximum atomic E-state index is 10.5. The summed E-state index contributed by atoms with van der Waals surface area (Å²) in [6.45, 7) is 3.52. The summed E-state index contributed by atoms with van der Waals surface area (Å²) in [5, 5.41) is 11.6. The number of carboxylic acid groups (broad SMARTS) is 1. The number of unbranched alkanes of at least 4 members (excludes halogenated alkanes) is 3. The average Bonchev–Trinajstić information content (AvgIpc) is 2.34. The monoisotopic (exact) mass is 258 g/mol. The van der Waals surface area contributed by atoms with Gasteiger partial charge >= 0.3 is 5.97 Å². The maximum Gasteiger partial charge on any atom is 0.320 e. The van der Waals surface area contributed by atoms with Crippen molar-refractivity contribution < 1.29 is 9.90 Å². The molecule has 0 aliphatic rings. The van der Waals surface area contributed by atoms with Gasteiger partial charge in [-0.2, -0.15) is 0 Å². The molecule has 0 aromatic rings. The fourth-order valence-electron chi connectivity index (χ4n) is 1.46. The van der Waals surface area contributed by atoms with Crippen molar-refractivity contribution in [1.82, 2.24) is 5.32 Å². The molecule has 0 amide bonds. The third kappa shape index (κ3) is 9.89. The SMILES string of the molecule is CCCCCCNC(N)=NCCC[C@H](N)C(=O)O. The molecule has 0 heterocycles. The summed E-state index contributed by atoms with van der Waals surface area (Å²) < 4.78 is 0. The van der Waals surface area contributed by atoms with Gasteiger partial charge < -0.3 is 21.9 Å².